The number of carbonyl (C=O) groups excluding carboxylic acids is 1. The van der Waals surface area contributed by atoms with Gasteiger partial charge in [0.05, 0.1) is 0 Å². The maximum absolute atomic E-state index is 13.2. The van der Waals surface area contributed by atoms with Crippen molar-refractivity contribution in [3.8, 4) is 11.3 Å². The van der Waals surface area contributed by atoms with Crippen LogP contribution in [0, 0.1) is 12.7 Å². The fourth-order valence-corrected chi connectivity index (χ4v) is 3.84. The number of thiophene rings is 1. The fourth-order valence-electron chi connectivity index (χ4n) is 2.88. The van der Waals surface area contributed by atoms with E-state index in [2.05, 4.69) is 16.5 Å². The highest BCUT2D eigenvalue weighted by Gasteiger charge is 2.21. The second-order valence-corrected chi connectivity index (χ2v) is 6.82. The van der Waals surface area contributed by atoms with Gasteiger partial charge in [-0.2, -0.15) is 0 Å². The van der Waals surface area contributed by atoms with Crippen molar-refractivity contribution in [1.29, 1.82) is 0 Å². The number of hydrogen-bond donors (Lipinski definition) is 1. The fraction of sp³-hybridized carbons (Fsp3) is 0.100. The molecular weight excluding hydrogens is 351 g/mol. The summed E-state index contributed by atoms with van der Waals surface area (Å²) in [4.78, 5) is 12.7. The maximum Gasteiger partial charge on any atom is 0.257 e. The summed E-state index contributed by atoms with van der Waals surface area (Å²) in [5.41, 5.74) is 2.48. The molecule has 4 rings (SSSR count). The van der Waals surface area contributed by atoms with E-state index in [1.54, 1.807) is 30.4 Å². The van der Waals surface area contributed by atoms with Crippen molar-refractivity contribution in [2.45, 2.75) is 13.5 Å². The number of carbonyl (C=O) groups is 1. The molecule has 0 fully saturated rings. The van der Waals surface area contributed by atoms with Crippen LogP contribution in [0.2, 0.25) is 0 Å². The molecule has 0 atom stereocenters. The molecule has 1 N–H and O–H groups in total. The molecule has 26 heavy (non-hydrogen) atoms. The van der Waals surface area contributed by atoms with E-state index in [1.807, 2.05) is 23.6 Å². The van der Waals surface area contributed by atoms with E-state index >= 15 is 0 Å². The first-order valence-electron chi connectivity index (χ1n) is 8.09. The number of rotatable bonds is 4. The normalized spacial score (nSPS) is 11.0. The van der Waals surface area contributed by atoms with Crippen molar-refractivity contribution < 1.29 is 13.7 Å². The summed E-state index contributed by atoms with van der Waals surface area (Å²) in [5, 5.41) is 10.1. The Labute approximate surface area is 153 Å². The van der Waals surface area contributed by atoms with E-state index in [4.69, 9.17) is 4.52 Å². The molecule has 0 radical (unpaired) electrons. The molecule has 0 aliphatic heterocycles. The molecule has 6 heteroatoms. The molecule has 2 aromatic heterocycles. The van der Waals surface area contributed by atoms with E-state index in [9.17, 15) is 9.18 Å². The van der Waals surface area contributed by atoms with Gasteiger partial charge in [-0.05, 0) is 53.6 Å². The predicted octanol–water partition coefficient (Wildman–Crippen LogP) is 4.93. The average molecular weight is 366 g/mol. The van der Waals surface area contributed by atoms with E-state index < -0.39 is 0 Å². The zero-order valence-electron chi connectivity index (χ0n) is 14.0. The van der Waals surface area contributed by atoms with Crippen molar-refractivity contribution in [2.75, 3.05) is 0 Å². The van der Waals surface area contributed by atoms with Crippen molar-refractivity contribution in [3.05, 3.63) is 76.6 Å². The van der Waals surface area contributed by atoms with Crippen molar-refractivity contribution in [3.63, 3.8) is 0 Å². The van der Waals surface area contributed by atoms with Crippen LogP contribution in [0.4, 0.5) is 4.39 Å². The molecule has 4 aromatic rings. The van der Waals surface area contributed by atoms with E-state index in [0.717, 1.165) is 10.9 Å². The predicted molar refractivity (Wildman–Crippen MR) is 99.6 cm³/mol. The van der Waals surface area contributed by atoms with Gasteiger partial charge >= 0.3 is 0 Å². The Morgan fingerprint density at radius 3 is 2.77 bits per heavy atom. The molecule has 0 aliphatic carbocycles. The number of halogens is 1. The Bertz CT molecular complexity index is 1080. The van der Waals surface area contributed by atoms with Crippen LogP contribution in [0.1, 0.15) is 21.7 Å². The number of aromatic nitrogens is 1. The third kappa shape index (κ3) is 2.99. The molecule has 0 saturated heterocycles. The van der Waals surface area contributed by atoms with Gasteiger partial charge in [-0.1, -0.05) is 23.4 Å². The standard InChI is InChI=1S/C20H15FN2O2S/c1-12-18(19(23-25-12)13-6-8-15(21)9-7-13)20(24)22-10-14-11-26-17-5-3-2-4-16(14)17/h2-9,11H,10H2,1H3,(H,22,24). The summed E-state index contributed by atoms with van der Waals surface area (Å²) in [7, 11) is 0. The summed E-state index contributed by atoms with van der Waals surface area (Å²) in [6.07, 6.45) is 0. The molecule has 1 amide bonds. The highest BCUT2D eigenvalue weighted by atomic mass is 32.1. The highest BCUT2D eigenvalue weighted by Crippen LogP contribution is 2.27. The minimum atomic E-state index is -0.343. The number of aryl methyl sites for hydroxylation is 1. The zero-order valence-corrected chi connectivity index (χ0v) is 14.8. The van der Waals surface area contributed by atoms with Crippen LogP contribution in [-0.4, -0.2) is 11.1 Å². The van der Waals surface area contributed by atoms with Gasteiger partial charge in [-0.25, -0.2) is 4.39 Å². The molecule has 0 saturated carbocycles. The largest absolute Gasteiger partial charge is 0.360 e. The van der Waals surface area contributed by atoms with Crippen LogP contribution < -0.4 is 5.32 Å². The maximum atomic E-state index is 13.2. The highest BCUT2D eigenvalue weighted by molar-refractivity contribution is 7.17. The minimum absolute atomic E-state index is 0.265. The van der Waals surface area contributed by atoms with Crippen LogP contribution >= 0.6 is 11.3 Å². The van der Waals surface area contributed by atoms with Gasteiger partial charge in [0.15, 0.2) is 0 Å². The number of fused-ring (bicyclic) bond motifs is 1. The van der Waals surface area contributed by atoms with Gasteiger partial charge in [0, 0.05) is 16.8 Å². The van der Waals surface area contributed by atoms with Crippen molar-refractivity contribution in [1.82, 2.24) is 10.5 Å². The second-order valence-electron chi connectivity index (χ2n) is 5.91. The lowest BCUT2D eigenvalue weighted by Gasteiger charge is -2.06. The van der Waals surface area contributed by atoms with Crippen molar-refractivity contribution in [2.24, 2.45) is 0 Å². The number of nitrogens with zero attached hydrogens (tertiary/aromatic N) is 1. The first-order valence-corrected chi connectivity index (χ1v) is 8.97. The summed E-state index contributed by atoms with van der Waals surface area (Å²) < 4.78 is 19.5. The molecular formula is C20H15FN2O2S. The van der Waals surface area contributed by atoms with Crippen LogP contribution in [0.15, 0.2) is 58.4 Å². The van der Waals surface area contributed by atoms with Gasteiger partial charge in [0.2, 0.25) is 0 Å². The number of hydrogen-bond acceptors (Lipinski definition) is 4. The van der Waals surface area contributed by atoms with Crippen molar-refractivity contribution >= 4 is 27.3 Å². The Morgan fingerprint density at radius 1 is 1.19 bits per heavy atom. The third-order valence-electron chi connectivity index (χ3n) is 4.21. The van der Waals surface area contributed by atoms with Gasteiger partial charge in [0.25, 0.3) is 5.91 Å². The van der Waals surface area contributed by atoms with Crippen LogP contribution in [-0.2, 0) is 6.54 Å². The lowest BCUT2D eigenvalue weighted by Crippen LogP contribution is -2.23. The smallest absolute Gasteiger partial charge is 0.257 e. The summed E-state index contributed by atoms with van der Waals surface area (Å²) >= 11 is 1.65. The van der Waals surface area contributed by atoms with Crippen LogP contribution in [0.5, 0.6) is 0 Å². The van der Waals surface area contributed by atoms with E-state index in [1.165, 1.54) is 16.8 Å². The molecule has 0 unspecified atom stereocenters. The lowest BCUT2D eigenvalue weighted by atomic mass is 10.1. The molecule has 2 heterocycles. The van der Waals surface area contributed by atoms with Gasteiger partial charge < -0.3 is 9.84 Å². The molecule has 0 bridgehead atoms. The average Bonchev–Trinajstić information content (AvgIpc) is 3.24. The zero-order chi connectivity index (χ0) is 18.1. The van der Waals surface area contributed by atoms with E-state index in [0.29, 0.717) is 29.1 Å². The molecule has 130 valence electrons. The first kappa shape index (κ1) is 16.5. The third-order valence-corrected chi connectivity index (χ3v) is 5.22. The van der Waals surface area contributed by atoms with Crippen LogP contribution in [0.25, 0.3) is 21.3 Å². The SMILES string of the molecule is Cc1onc(-c2ccc(F)cc2)c1C(=O)NCc1csc2ccccc12. The van der Waals surface area contributed by atoms with Crippen LogP contribution in [0.3, 0.4) is 0 Å². The number of nitrogens with one attached hydrogen (secondary N) is 1. The summed E-state index contributed by atoms with van der Waals surface area (Å²) in [5.74, 6) is -0.181. The molecule has 0 aliphatic rings. The monoisotopic (exact) mass is 366 g/mol. The Hall–Kier alpha value is -2.99. The summed E-state index contributed by atoms with van der Waals surface area (Å²) in [6, 6.07) is 13.9. The second kappa shape index (κ2) is 6.72. The van der Waals surface area contributed by atoms with Gasteiger partial charge in [0.1, 0.15) is 22.8 Å². The molecule has 2 aromatic carbocycles. The van der Waals surface area contributed by atoms with Gasteiger partial charge in [-0.15, -0.1) is 11.3 Å². The van der Waals surface area contributed by atoms with Gasteiger partial charge in [-0.3, -0.25) is 4.79 Å². The molecule has 4 nitrogen and oxygen atoms in total. The Morgan fingerprint density at radius 2 is 1.96 bits per heavy atom. The molecule has 0 spiro atoms. The number of benzene rings is 2. The quantitative estimate of drug-likeness (QED) is 0.557. The number of amides is 1. The first-order chi connectivity index (χ1) is 12.6. The Balaban J connectivity index is 1.59. The topological polar surface area (TPSA) is 55.1 Å². The summed E-state index contributed by atoms with van der Waals surface area (Å²) in [6.45, 7) is 2.10. The minimum Gasteiger partial charge on any atom is -0.360 e. The lowest BCUT2D eigenvalue weighted by molar-refractivity contribution is 0.0950. The van der Waals surface area contributed by atoms with E-state index in [-0.39, 0.29) is 11.7 Å². The Kier molecular flexibility index (Phi) is 4.26.